The van der Waals surface area contributed by atoms with Crippen molar-refractivity contribution in [2.45, 2.75) is 11.8 Å². The topological polar surface area (TPSA) is 66.5 Å². The fraction of sp³-hybridized carbons (Fsp3) is 0.0952. The zero-order valence-electron chi connectivity index (χ0n) is 15.2. The van der Waals surface area contributed by atoms with E-state index in [9.17, 15) is 13.2 Å². The summed E-state index contributed by atoms with van der Waals surface area (Å²) < 4.78 is 27.0. The summed E-state index contributed by atoms with van der Waals surface area (Å²) in [5.74, 6) is -0.312. The fourth-order valence-corrected chi connectivity index (χ4v) is 5.14. The van der Waals surface area contributed by atoms with Crippen LogP contribution < -0.4 is 9.62 Å². The summed E-state index contributed by atoms with van der Waals surface area (Å²) in [6, 6.07) is 17.2. The van der Waals surface area contributed by atoms with Gasteiger partial charge in [-0.1, -0.05) is 41.9 Å². The van der Waals surface area contributed by atoms with Gasteiger partial charge < -0.3 is 5.32 Å². The summed E-state index contributed by atoms with van der Waals surface area (Å²) in [5.41, 5.74) is 3.52. The quantitative estimate of drug-likeness (QED) is 0.663. The van der Waals surface area contributed by atoms with E-state index in [1.54, 1.807) is 67.6 Å². The highest BCUT2D eigenvalue weighted by atomic mass is 35.5. The second-order valence-corrected chi connectivity index (χ2v) is 8.94. The Bertz CT molecular complexity index is 1220. The molecule has 3 aromatic rings. The zero-order chi connectivity index (χ0) is 20.1. The number of aryl methyl sites for hydroxylation is 1. The Hall–Kier alpha value is -2.83. The molecule has 3 aromatic carbocycles. The van der Waals surface area contributed by atoms with E-state index in [1.165, 1.54) is 11.4 Å². The van der Waals surface area contributed by atoms with E-state index in [1.807, 2.05) is 0 Å². The Morgan fingerprint density at radius 3 is 2.43 bits per heavy atom. The molecule has 28 heavy (non-hydrogen) atoms. The van der Waals surface area contributed by atoms with Crippen LogP contribution in [0.15, 0.2) is 65.6 Å². The van der Waals surface area contributed by atoms with E-state index >= 15 is 0 Å². The number of anilines is 2. The van der Waals surface area contributed by atoms with E-state index in [-0.39, 0.29) is 10.8 Å². The zero-order valence-corrected chi connectivity index (χ0v) is 16.8. The monoisotopic (exact) mass is 412 g/mol. The van der Waals surface area contributed by atoms with Crippen LogP contribution in [0.5, 0.6) is 0 Å². The number of sulfonamides is 1. The second kappa shape index (κ2) is 6.65. The molecule has 4 rings (SSSR count). The number of amides is 1. The van der Waals surface area contributed by atoms with Gasteiger partial charge >= 0.3 is 0 Å². The third-order valence-electron chi connectivity index (χ3n) is 4.82. The number of para-hydroxylation sites is 1. The molecule has 1 amide bonds. The summed E-state index contributed by atoms with van der Waals surface area (Å²) in [7, 11) is -2.10. The molecule has 0 bridgehead atoms. The first-order valence-corrected chi connectivity index (χ1v) is 10.4. The normalized spacial score (nSPS) is 14.2. The molecule has 1 N–H and O–H groups in total. The summed E-state index contributed by atoms with van der Waals surface area (Å²) in [6.45, 7) is 1.80. The molecule has 1 heterocycles. The molecule has 1 aliphatic rings. The lowest BCUT2D eigenvalue weighted by molar-refractivity contribution is 0.102. The number of carbonyl (C=O) groups excluding carboxylic acids is 1. The SMILES string of the molecule is Cc1cc(C(=O)Nc2ccccc2Cl)cc2c1N(C)S(=O)(=O)c1ccccc1-2. The number of carbonyl (C=O) groups is 1. The van der Waals surface area contributed by atoms with Crippen LogP contribution in [-0.4, -0.2) is 21.4 Å². The minimum atomic E-state index is -3.63. The van der Waals surface area contributed by atoms with Gasteiger partial charge in [-0.2, -0.15) is 0 Å². The Morgan fingerprint density at radius 2 is 1.68 bits per heavy atom. The third-order valence-corrected chi connectivity index (χ3v) is 6.96. The molecule has 0 spiro atoms. The van der Waals surface area contributed by atoms with Crippen molar-refractivity contribution >= 4 is 38.9 Å². The average molecular weight is 413 g/mol. The van der Waals surface area contributed by atoms with Crippen LogP contribution in [-0.2, 0) is 10.0 Å². The first-order chi connectivity index (χ1) is 13.3. The molecule has 0 unspecified atom stereocenters. The van der Waals surface area contributed by atoms with Crippen molar-refractivity contribution in [2.24, 2.45) is 0 Å². The number of hydrogen-bond acceptors (Lipinski definition) is 3. The molecule has 0 saturated heterocycles. The minimum absolute atomic E-state index is 0.230. The van der Waals surface area contributed by atoms with Crippen LogP contribution in [0.1, 0.15) is 15.9 Å². The van der Waals surface area contributed by atoms with Crippen molar-refractivity contribution in [3.8, 4) is 11.1 Å². The molecule has 5 nitrogen and oxygen atoms in total. The maximum Gasteiger partial charge on any atom is 0.264 e. The van der Waals surface area contributed by atoms with Crippen LogP contribution in [0.4, 0.5) is 11.4 Å². The van der Waals surface area contributed by atoms with Crippen LogP contribution in [0, 0.1) is 6.92 Å². The van der Waals surface area contributed by atoms with Gasteiger partial charge in [0, 0.05) is 23.7 Å². The maximum atomic E-state index is 12.8. The Labute approximate surface area is 168 Å². The Kier molecular flexibility index (Phi) is 4.40. The van der Waals surface area contributed by atoms with Crippen molar-refractivity contribution in [2.75, 3.05) is 16.7 Å². The van der Waals surface area contributed by atoms with Gasteiger partial charge in [0.05, 0.1) is 21.3 Å². The number of hydrogen-bond donors (Lipinski definition) is 1. The van der Waals surface area contributed by atoms with Gasteiger partial charge in [-0.05, 0) is 42.8 Å². The number of fused-ring (bicyclic) bond motifs is 3. The first kappa shape index (κ1) is 18.5. The van der Waals surface area contributed by atoms with Crippen molar-refractivity contribution in [3.05, 3.63) is 76.8 Å². The molecule has 0 aliphatic carbocycles. The van der Waals surface area contributed by atoms with Crippen LogP contribution in [0.3, 0.4) is 0 Å². The van der Waals surface area contributed by atoms with Gasteiger partial charge in [0.15, 0.2) is 0 Å². The van der Waals surface area contributed by atoms with Crippen molar-refractivity contribution in [3.63, 3.8) is 0 Å². The molecule has 142 valence electrons. The molecule has 0 fully saturated rings. The summed E-state index contributed by atoms with van der Waals surface area (Å²) >= 11 is 6.13. The fourth-order valence-electron chi connectivity index (χ4n) is 3.47. The van der Waals surface area contributed by atoms with Gasteiger partial charge in [0.1, 0.15) is 0 Å². The van der Waals surface area contributed by atoms with E-state index in [2.05, 4.69) is 5.32 Å². The van der Waals surface area contributed by atoms with Gasteiger partial charge in [0.25, 0.3) is 15.9 Å². The highest BCUT2D eigenvalue weighted by Crippen LogP contribution is 2.44. The smallest absolute Gasteiger partial charge is 0.264 e. The van der Waals surface area contributed by atoms with Crippen LogP contribution >= 0.6 is 11.6 Å². The molecule has 0 atom stereocenters. The molecule has 7 heteroatoms. The second-order valence-electron chi connectivity index (χ2n) is 6.59. The van der Waals surface area contributed by atoms with E-state index in [0.29, 0.717) is 38.7 Å². The van der Waals surface area contributed by atoms with Crippen molar-refractivity contribution < 1.29 is 13.2 Å². The molecule has 0 aromatic heterocycles. The van der Waals surface area contributed by atoms with Crippen molar-refractivity contribution in [1.29, 1.82) is 0 Å². The summed E-state index contributed by atoms with van der Waals surface area (Å²) in [5, 5.41) is 3.26. The lowest BCUT2D eigenvalue weighted by atomic mass is 9.96. The minimum Gasteiger partial charge on any atom is -0.321 e. The van der Waals surface area contributed by atoms with Crippen LogP contribution in [0.2, 0.25) is 5.02 Å². The van der Waals surface area contributed by atoms with E-state index in [4.69, 9.17) is 11.6 Å². The standard InChI is InChI=1S/C21H17ClN2O3S/c1-13-11-14(21(25)23-18-9-5-4-8-17(18)22)12-16-15-7-3-6-10-19(15)28(26,27)24(2)20(13)16/h3-12H,1-2H3,(H,23,25). The maximum absolute atomic E-state index is 12.8. The van der Waals surface area contributed by atoms with E-state index in [0.717, 1.165) is 0 Å². The van der Waals surface area contributed by atoms with Gasteiger partial charge in [-0.3, -0.25) is 9.10 Å². The summed E-state index contributed by atoms with van der Waals surface area (Å²) in [6.07, 6.45) is 0. The highest BCUT2D eigenvalue weighted by Gasteiger charge is 2.33. The highest BCUT2D eigenvalue weighted by molar-refractivity contribution is 7.93. The largest absolute Gasteiger partial charge is 0.321 e. The Morgan fingerprint density at radius 1 is 1.00 bits per heavy atom. The lowest BCUT2D eigenvalue weighted by Crippen LogP contribution is -2.31. The van der Waals surface area contributed by atoms with E-state index < -0.39 is 10.0 Å². The molecular weight excluding hydrogens is 396 g/mol. The Balaban J connectivity index is 1.85. The first-order valence-electron chi connectivity index (χ1n) is 8.59. The average Bonchev–Trinajstić information content (AvgIpc) is 2.67. The molecule has 0 radical (unpaired) electrons. The molecule has 1 aliphatic heterocycles. The third kappa shape index (κ3) is 2.85. The molecule has 0 saturated carbocycles. The van der Waals surface area contributed by atoms with Crippen LogP contribution in [0.25, 0.3) is 11.1 Å². The lowest BCUT2D eigenvalue weighted by Gasteiger charge is -2.31. The number of rotatable bonds is 2. The molecular formula is C21H17ClN2O3S. The number of nitrogens with zero attached hydrogens (tertiary/aromatic N) is 1. The number of nitrogens with one attached hydrogen (secondary N) is 1. The number of benzene rings is 3. The summed E-state index contributed by atoms with van der Waals surface area (Å²) in [4.78, 5) is 13.1. The predicted octanol–water partition coefficient (Wildman–Crippen LogP) is 4.71. The van der Waals surface area contributed by atoms with Gasteiger partial charge in [-0.15, -0.1) is 0 Å². The van der Waals surface area contributed by atoms with Gasteiger partial charge in [-0.25, -0.2) is 8.42 Å². The van der Waals surface area contributed by atoms with Crippen molar-refractivity contribution in [1.82, 2.24) is 0 Å². The van der Waals surface area contributed by atoms with Gasteiger partial charge in [0.2, 0.25) is 0 Å². The number of halogens is 1. The predicted molar refractivity (Wildman–Crippen MR) is 112 cm³/mol.